The number of rotatable bonds is 3. The fourth-order valence-corrected chi connectivity index (χ4v) is 3.12. The molecule has 0 radical (unpaired) electrons. The van der Waals surface area contributed by atoms with Gasteiger partial charge in [0.15, 0.2) is 0 Å². The third-order valence-electron chi connectivity index (χ3n) is 4.34. The Morgan fingerprint density at radius 1 is 1.16 bits per heavy atom. The van der Waals surface area contributed by atoms with Crippen molar-refractivity contribution in [2.75, 3.05) is 18.0 Å². The zero-order valence-electron chi connectivity index (χ0n) is 13.9. The molecule has 1 aliphatic heterocycles. The van der Waals surface area contributed by atoms with Crippen molar-refractivity contribution in [3.8, 4) is 5.88 Å². The summed E-state index contributed by atoms with van der Waals surface area (Å²) in [5.41, 5.74) is 1.47. The molecule has 6 nitrogen and oxygen atoms in total. The number of ether oxygens (including phenoxy) is 1. The minimum Gasteiger partial charge on any atom is -0.473 e. The average molecular weight is 339 g/mol. The lowest BCUT2D eigenvalue weighted by Crippen LogP contribution is -2.39. The van der Waals surface area contributed by atoms with Gasteiger partial charge in [-0.2, -0.15) is 0 Å². The summed E-state index contributed by atoms with van der Waals surface area (Å²) in [6.07, 6.45) is 6.68. The molecule has 0 unspecified atom stereocenters. The molecule has 0 saturated carbocycles. The molecule has 25 heavy (non-hydrogen) atoms. The Hall–Kier alpha value is -2.83. The van der Waals surface area contributed by atoms with Crippen molar-refractivity contribution in [1.29, 1.82) is 0 Å². The van der Waals surface area contributed by atoms with Gasteiger partial charge in [0.2, 0.25) is 5.88 Å². The van der Waals surface area contributed by atoms with E-state index in [2.05, 4.69) is 24.8 Å². The van der Waals surface area contributed by atoms with Crippen molar-refractivity contribution in [3.63, 3.8) is 0 Å². The van der Waals surface area contributed by atoms with Gasteiger partial charge in [-0.15, -0.1) is 0 Å². The van der Waals surface area contributed by atoms with Gasteiger partial charge in [0.05, 0.1) is 17.4 Å². The highest BCUT2D eigenvalue weighted by Crippen LogP contribution is 2.27. The van der Waals surface area contributed by atoms with Gasteiger partial charge in [-0.25, -0.2) is 19.3 Å². The molecule has 4 rings (SSSR count). The molecule has 2 aromatic heterocycles. The third-order valence-corrected chi connectivity index (χ3v) is 4.34. The van der Waals surface area contributed by atoms with Gasteiger partial charge in [-0.1, -0.05) is 0 Å². The van der Waals surface area contributed by atoms with Crippen LogP contribution in [-0.4, -0.2) is 39.1 Å². The van der Waals surface area contributed by atoms with E-state index >= 15 is 0 Å². The van der Waals surface area contributed by atoms with Crippen LogP contribution < -0.4 is 9.64 Å². The Labute approximate surface area is 144 Å². The number of aromatic nitrogens is 4. The fourth-order valence-electron chi connectivity index (χ4n) is 3.12. The highest BCUT2D eigenvalue weighted by atomic mass is 19.1. The Kier molecular flexibility index (Phi) is 4.13. The lowest BCUT2D eigenvalue weighted by molar-refractivity contribution is 0.163. The molecule has 1 aromatic carbocycles. The number of piperidine rings is 1. The van der Waals surface area contributed by atoms with Crippen LogP contribution >= 0.6 is 0 Å². The Balaban J connectivity index is 1.47. The molecule has 1 saturated heterocycles. The van der Waals surface area contributed by atoms with Gasteiger partial charge in [0.1, 0.15) is 24.1 Å². The molecule has 0 atom stereocenters. The van der Waals surface area contributed by atoms with E-state index in [-0.39, 0.29) is 11.9 Å². The maximum absolute atomic E-state index is 13.4. The first-order chi connectivity index (χ1) is 12.2. The molecule has 3 heterocycles. The van der Waals surface area contributed by atoms with Crippen LogP contribution in [0.2, 0.25) is 0 Å². The molecule has 1 fully saturated rings. The van der Waals surface area contributed by atoms with Gasteiger partial charge >= 0.3 is 0 Å². The van der Waals surface area contributed by atoms with Crippen LogP contribution in [0.4, 0.5) is 10.2 Å². The van der Waals surface area contributed by atoms with Gasteiger partial charge in [-0.05, 0) is 19.1 Å². The van der Waals surface area contributed by atoms with Crippen molar-refractivity contribution in [2.45, 2.75) is 25.9 Å². The first-order valence-electron chi connectivity index (χ1n) is 8.29. The average Bonchev–Trinajstić information content (AvgIpc) is 2.62. The summed E-state index contributed by atoms with van der Waals surface area (Å²) in [4.78, 5) is 19.2. The van der Waals surface area contributed by atoms with Crippen LogP contribution in [0.15, 0.2) is 36.9 Å². The Morgan fingerprint density at radius 2 is 2.00 bits per heavy atom. The molecule has 3 aromatic rings. The van der Waals surface area contributed by atoms with Crippen LogP contribution in [0.25, 0.3) is 10.9 Å². The zero-order chi connectivity index (χ0) is 17.2. The molecule has 0 spiro atoms. The molecule has 0 aliphatic carbocycles. The number of halogens is 1. The first kappa shape index (κ1) is 15.7. The molecular weight excluding hydrogens is 321 g/mol. The smallest absolute Gasteiger partial charge is 0.232 e. The van der Waals surface area contributed by atoms with Crippen molar-refractivity contribution < 1.29 is 9.13 Å². The predicted molar refractivity (Wildman–Crippen MR) is 92.1 cm³/mol. The molecule has 7 heteroatoms. The highest BCUT2D eigenvalue weighted by Gasteiger charge is 2.23. The zero-order valence-corrected chi connectivity index (χ0v) is 13.9. The van der Waals surface area contributed by atoms with Gasteiger partial charge < -0.3 is 9.64 Å². The van der Waals surface area contributed by atoms with Crippen molar-refractivity contribution in [3.05, 3.63) is 48.4 Å². The van der Waals surface area contributed by atoms with Crippen molar-refractivity contribution in [1.82, 2.24) is 19.9 Å². The summed E-state index contributed by atoms with van der Waals surface area (Å²) in [5.74, 6) is 1.13. The number of nitrogens with zero attached hydrogens (tertiary/aromatic N) is 5. The Morgan fingerprint density at radius 3 is 2.80 bits per heavy atom. The lowest BCUT2D eigenvalue weighted by atomic mass is 10.1. The summed E-state index contributed by atoms with van der Waals surface area (Å²) in [6.45, 7) is 3.52. The van der Waals surface area contributed by atoms with E-state index in [1.807, 2.05) is 6.92 Å². The molecule has 128 valence electrons. The molecule has 0 N–H and O–H groups in total. The van der Waals surface area contributed by atoms with E-state index in [0.29, 0.717) is 11.4 Å². The molecule has 0 amide bonds. The normalized spacial score (nSPS) is 15.5. The van der Waals surface area contributed by atoms with E-state index in [1.165, 1.54) is 18.5 Å². The van der Waals surface area contributed by atoms with Crippen molar-refractivity contribution >= 4 is 16.7 Å². The van der Waals surface area contributed by atoms with Gasteiger partial charge in [0, 0.05) is 43.6 Å². The van der Waals surface area contributed by atoms with Crippen LogP contribution in [-0.2, 0) is 0 Å². The third kappa shape index (κ3) is 3.35. The molecular formula is C18H18FN5O. The SMILES string of the molecule is Cc1cncc(OC2CCN(c3ncnc4cc(F)ccc34)CC2)n1. The maximum atomic E-state index is 13.4. The van der Waals surface area contributed by atoms with Crippen molar-refractivity contribution in [2.24, 2.45) is 0 Å². The monoisotopic (exact) mass is 339 g/mol. The van der Waals surface area contributed by atoms with Crippen LogP contribution in [0.1, 0.15) is 18.5 Å². The largest absolute Gasteiger partial charge is 0.473 e. The standard InChI is InChI=1S/C18H18FN5O/c1-12-9-20-10-17(23-12)25-14-4-6-24(7-5-14)18-15-3-2-13(19)8-16(15)21-11-22-18/h2-3,8-11,14H,4-7H2,1H3. The second-order valence-corrected chi connectivity index (χ2v) is 6.16. The van der Waals surface area contributed by atoms with E-state index < -0.39 is 0 Å². The second-order valence-electron chi connectivity index (χ2n) is 6.16. The summed E-state index contributed by atoms with van der Waals surface area (Å²) in [5, 5.41) is 0.868. The summed E-state index contributed by atoms with van der Waals surface area (Å²) < 4.78 is 19.3. The number of hydrogen-bond acceptors (Lipinski definition) is 6. The van der Waals surface area contributed by atoms with Crippen LogP contribution in [0.3, 0.4) is 0 Å². The van der Waals surface area contributed by atoms with Crippen LogP contribution in [0, 0.1) is 12.7 Å². The number of hydrogen-bond donors (Lipinski definition) is 0. The second kappa shape index (κ2) is 6.58. The lowest BCUT2D eigenvalue weighted by Gasteiger charge is -2.33. The Bertz CT molecular complexity index is 896. The van der Waals surface area contributed by atoms with E-state index in [1.54, 1.807) is 18.5 Å². The first-order valence-corrected chi connectivity index (χ1v) is 8.29. The maximum Gasteiger partial charge on any atom is 0.232 e. The number of anilines is 1. The predicted octanol–water partition coefficient (Wildman–Crippen LogP) is 2.92. The summed E-state index contributed by atoms with van der Waals surface area (Å²) >= 11 is 0. The minimum atomic E-state index is -0.288. The van der Waals surface area contributed by atoms with Gasteiger partial charge in [-0.3, -0.25) is 4.98 Å². The quantitative estimate of drug-likeness (QED) is 0.731. The fraction of sp³-hybridized carbons (Fsp3) is 0.333. The van der Waals surface area contributed by atoms with Gasteiger partial charge in [0.25, 0.3) is 0 Å². The highest BCUT2D eigenvalue weighted by molar-refractivity contribution is 5.89. The molecule has 0 bridgehead atoms. The number of aryl methyl sites for hydroxylation is 1. The minimum absolute atomic E-state index is 0.109. The topological polar surface area (TPSA) is 64.0 Å². The molecule has 1 aliphatic rings. The summed E-state index contributed by atoms with van der Waals surface area (Å²) in [7, 11) is 0. The van der Waals surface area contributed by atoms with E-state index in [9.17, 15) is 4.39 Å². The summed E-state index contributed by atoms with van der Waals surface area (Å²) in [6, 6.07) is 4.62. The number of fused-ring (bicyclic) bond motifs is 1. The van der Waals surface area contributed by atoms with Crippen LogP contribution in [0.5, 0.6) is 5.88 Å². The number of benzene rings is 1. The van der Waals surface area contributed by atoms with E-state index in [0.717, 1.165) is 42.8 Å². The van der Waals surface area contributed by atoms with E-state index in [4.69, 9.17) is 4.74 Å².